The van der Waals surface area contributed by atoms with Gasteiger partial charge in [-0.2, -0.15) is 0 Å². The van der Waals surface area contributed by atoms with Crippen molar-refractivity contribution in [3.05, 3.63) is 16.1 Å². The average Bonchev–Trinajstić information content (AvgIpc) is 3.01. The summed E-state index contributed by atoms with van der Waals surface area (Å²) in [5.41, 5.74) is 0. The predicted molar refractivity (Wildman–Crippen MR) is 64.6 cm³/mol. The lowest BCUT2D eigenvalue weighted by molar-refractivity contribution is 0.114. The van der Waals surface area contributed by atoms with Crippen molar-refractivity contribution in [1.82, 2.24) is 10.3 Å². The van der Waals surface area contributed by atoms with E-state index in [1.165, 1.54) is 42.0 Å². The van der Waals surface area contributed by atoms with Crippen LogP contribution in [0, 0.1) is 0 Å². The van der Waals surface area contributed by atoms with Gasteiger partial charge in [0, 0.05) is 12.8 Å². The van der Waals surface area contributed by atoms with Crippen LogP contribution in [0.2, 0.25) is 0 Å². The highest BCUT2D eigenvalue weighted by molar-refractivity contribution is 7.11. The number of piperidine rings is 1. The van der Waals surface area contributed by atoms with E-state index in [0.717, 1.165) is 13.2 Å². The predicted octanol–water partition coefficient (Wildman–Crippen LogP) is 2.81. The molecule has 0 saturated carbocycles. The fourth-order valence-electron chi connectivity index (χ4n) is 2.48. The molecule has 0 radical (unpaired) electrons. The summed E-state index contributed by atoms with van der Waals surface area (Å²) < 4.78 is 5.69. The minimum atomic E-state index is 0.329. The van der Waals surface area contributed by atoms with E-state index in [-0.39, 0.29) is 0 Å². The molecule has 16 heavy (non-hydrogen) atoms. The molecule has 0 aromatic carbocycles. The Labute approximate surface area is 100 Å². The Morgan fingerprint density at radius 1 is 1.31 bits per heavy atom. The summed E-state index contributed by atoms with van der Waals surface area (Å²) in [5, 5.41) is 4.80. The Hall–Kier alpha value is -0.450. The number of hydrogen-bond donors (Lipinski definition) is 1. The molecule has 2 saturated heterocycles. The molecule has 1 N–H and O–H groups in total. The van der Waals surface area contributed by atoms with Gasteiger partial charge in [0.2, 0.25) is 0 Å². The summed E-state index contributed by atoms with van der Waals surface area (Å²) >= 11 is 1.84. The molecule has 1 aromatic heterocycles. The Morgan fingerprint density at radius 3 is 3.06 bits per heavy atom. The van der Waals surface area contributed by atoms with Crippen molar-refractivity contribution in [2.75, 3.05) is 13.2 Å². The lowest BCUT2D eigenvalue weighted by Gasteiger charge is -2.21. The molecule has 2 aliphatic rings. The molecule has 3 heterocycles. The molecule has 2 fully saturated rings. The van der Waals surface area contributed by atoms with Crippen LogP contribution in [-0.2, 0) is 4.74 Å². The largest absolute Gasteiger partial charge is 0.373 e. The molecule has 1 aromatic rings. The molecule has 4 heteroatoms. The van der Waals surface area contributed by atoms with E-state index >= 15 is 0 Å². The van der Waals surface area contributed by atoms with Gasteiger partial charge in [0.25, 0.3) is 0 Å². The molecule has 0 bridgehead atoms. The summed E-state index contributed by atoms with van der Waals surface area (Å²) in [5.74, 6) is 0. The highest BCUT2D eigenvalue weighted by Crippen LogP contribution is 2.35. The highest BCUT2D eigenvalue weighted by atomic mass is 32.1. The van der Waals surface area contributed by atoms with Crippen LogP contribution in [0.3, 0.4) is 0 Å². The van der Waals surface area contributed by atoms with Crippen molar-refractivity contribution >= 4 is 11.3 Å². The van der Waals surface area contributed by atoms with Crippen LogP contribution in [0.1, 0.15) is 54.1 Å². The molecule has 88 valence electrons. The first-order chi connectivity index (χ1) is 7.93. The molecule has 0 aliphatic carbocycles. The minimum absolute atomic E-state index is 0.329. The molecular weight excluding hydrogens is 220 g/mol. The van der Waals surface area contributed by atoms with Gasteiger partial charge in [0.1, 0.15) is 5.01 Å². The third-order valence-corrected chi connectivity index (χ3v) is 4.60. The van der Waals surface area contributed by atoms with Gasteiger partial charge in [-0.25, -0.2) is 4.98 Å². The maximum Gasteiger partial charge on any atom is 0.110 e. The van der Waals surface area contributed by atoms with Crippen LogP contribution in [0.15, 0.2) is 6.20 Å². The number of thiazole rings is 1. The van der Waals surface area contributed by atoms with Gasteiger partial charge in [-0.3, -0.25) is 0 Å². The second kappa shape index (κ2) is 4.82. The monoisotopic (exact) mass is 238 g/mol. The van der Waals surface area contributed by atoms with Gasteiger partial charge >= 0.3 is 0 Å². The van der Waals surface area contributed by atoms with E-state index in [2.05, 4.69) is 10.3 Å². The zero-order valence-corrected chi connectivity index (χ0v) is 10.3. The molecule has 2 atom stereocenters. The fraction of sp³-hybridized carbons (Fsp3) is 0.750. The van der Waals surface area contributed by atoms with E-state index in [1.54, 1.807) is 0 Å². The second-order valence-corrected chi connectivity index (χ2v) is 5.70. The van der Waals surface area contributed by atoms with E-state index in [4.69, 9.17) is 4.74 Å². The maximum absolute atomic E-state index is 5.69. The van der Waals surface area contributed by atoms with Crippen LogP contribution < -0.4 is 5.32 Å². The number of hydrogen-bond acceptors (Lipinski definition) is 4. The minimum Gasteiger partial charge on any atom is -0.373 e. The van der Waals surface area contributed by atoms with Crippen LogP contribution in [0.25, 0.3) is 0 Å². The quantitative estimate of drug-likeness (QED) is 0.860. The summed E-state index contributed by atoms with van der Waals surface area (Å²) in [6, 6.07) is 0.494. The van der Waals surface area contributed by atoms with Gasteiger partial charge in [-0.15, -0.1) is 11.3 Å². The Kier molecular flexibility index (Phi) is 3.22. The van der Waals surface area contributed by atoms with Gasteiger partial charge in [0.15, 0.2) is 0 Å². The molecule has 2 unspecified atom stereocenters. The second-order valence-electron chi connectivity index (χ2n) is 4.61. The zero-order chi connectivity index (χ0) is 10.8. The first-order valence-electron chi connectivity index (χ1n) is 6.24. The lowest BCUT2D eigenvalue weighted by Crippen LogP contribution is -2.26. The van der Waals surface area contributed by atoms with Gasteiger partial charge in [0.05, 0.1) is 17.0 Å². The van der Waals surface area contributed by atoms with Crippen molar-refractivity contribution in [2.45, 2.75) is 44.2 Å². The average molecular weight is 238 g/mol. The molecule has 3 rings (SSSR count). The van der Waals surface area contributed by atoms with Gasteiger partial charge < -0.3 is 10.1 Å². The number of aromatic nitrogens is 1. The van der Waals surface area contributed by atoms with Gasteiger partial charge in [-0.1, -0.05) is 6.42 Å². The Morgan fingerprint density at radius 2 is 2.31 bits per heavy atom. The normalized spacial score (nSPS) is 30.8. The first-order valence-corrected chi connectivity index (χ1v) is 7.06. The number of nitrogens with one attached hydrogen (secondary N) is 1. The van der Waals surface area contributed by atoms with E-state index < -0.39 is 0 Å². The summed E-state index contributed by atoms with van der Waals surface area (Å²) in [6.45, 7) is 2.05. The van der Waals surface area contributed by atoms with Crippen LogP contribution in [0.4, 0.5) is 0 Å². The van der Waals surface area contributed by atoms with Crippen molar-refractivity contribution in [3.8, 4) is 0 Å². The summed E-state index contributed by atoms with van der Waals surface area (Å²) in [7, 11) is 0. The topological polar surface area (TPSA) is 34.2 Å². The molecule has 3 nitrogen and oxygen atoms in total. The van der Waals surface area contributed by atoms with Crippen molar-refractivity contribution in [2.24, 2.45) is 0 Å². The van der Waals surface area contributed by atoms with Gasteiger partial charge in [-0.05, 0) is 32.2 Å². The number of ether oxygens (including phenoxy) is 1. The van der Waals surface area contributed by atoms with E-state index in [1.807, 2.05) is 17.5 Å². The maximum atomic E-state index is 5.69. The molecule has 0 spiro atoms. The highest BCUT2D eigenvalue weighted by Gasteiger charge is 2.23. The first kappa shape index (κ1) is 10.7. The summed E-state index contributed by atoms with van der Waals surface area (Å²) in [4.78, 5) is 5.88. The van der Waals surface area contributed by atoms with Crippen LogP contribution >= 0.6 is 11.3 Å². The number of nitrogens with zero attached hydrogens (tertiary/aromatic N) is 1. The SMILES string of the molecule is c1nc(C2CCCCN2)sc1C1CCCO1. The van der Waals surface area contributed by atoms with Crippen LogP contribution in [0.5, 0.6) is 0 Å². The smallest absolute Gasteiger partial charge is 0.110 e. The van der Waals surface area contributed by atoms with Crippen LogP contribution in [-0.4, -0.2) is 18.1 Å². The third-order valence-electron chi connectivity index (χ3n) is 3.40. The third kappa shape index (κ3) is 2.14. The molecule has 2 aliphatic heterocycles. The Bertz CT molecular complexity index is 341. The van der Waals surface area contributed by atoms with Crippen molar-refractivity contribution < 1.29 is 4.74 Å². The molecular formula is C12H18N2OS. The van der Waals surface area contributed by atoms with Crippen molar-refractivity contribution in [3.63, 3.8) is 0 Å². The standard InChI is InChI=1S/C12H18N2OS/c1-2-6-13-9(4-1)12-14-8-11(16-12)10-5-3-7-15-10/h8-10,13H,1-7H2. The summed E-state index contributed by atoms with van der Waals surface area (Å²) in [6.07, 6.45) is 8.58. The van der Waals surface area contributed by atoms with E-state index in [9.17, 15) is 0 Å². The molecule has 0 amide bonds. The lowest BCUT2D eigenvalue weighted by atomic mass is 10.1. The Balaban J connectivity index is 1.71. The van der Waals surface area contributed by atoms with E-state index in [0.29, 0.717) is 12.1 Å². The zero-order valence-electron chi connectivity index (χ0n) is 9.45. The fourth-order valence-corrected chi connectivity index (χ4v) is 3.59. The van der Waals surface area contributed by atoms with Crippen molar-refractivity contribution in [1.29, 1.82) is 0 Å². The number of rotatable bonds is 2.